The first kappa shape index (κ1) is 10.7. The molecule has 1 aliphatic rings. The van der Waals surface area contributed by atoms with Crippen molar-refractivity contribution in [3.8, 4) is 0 Å². The first-order valence-corrected chi connectivity index (χ1v) is 5.94. The molecule has 1 aliphatic carbocycles. The highest BCUT2D eigenvalue weighted by Crippen LogP contribution is 2.33. The fourth-order valence-corrected chi connectivity index (χ4v) is 2.60. The van der Waals surface area contributed by atoms with E-state index in [0.717, 1.165) is 5.69 Å². The number of aromatic nitrogens is 2. The maximum atomic E-state index is 9.33. The van der Waals surface area contributed by atoms with Gasteiger partial charge in [0.1, 0.15) is 0 Å². The molecule has 3 heteroatoms. The smallest absolute Gasteiger partial charge is 0.0852 e. The molecular weight excluding hydrogens is 188 g/mol. The zero-order valence-electron chi connectivity index (χ0n) is 9.45. The van der Waals surface area contributed by atoms with Gasteiger partial charge in [0.25, 0.3) is 0 Å². The Morgan fingerprint density at radius 3 is 2.60 bits per heavy atom. The van der Waals surface area contributed by atoms with Crippen molar-refractivity contribution >= 4 is 0 Å². The molecule has 0 atom stereocenters. The number of aryl methyl sites for hydroxylation is 1. The molecule has 1 saturated carbocycles. The van der Waals surface area contributed by atoms with E-state index in [1.165, 1.54) is 44.1 Å². The summed E-state index contributed by atoms with van der Waals surface area (Å²) in [7, 11) is 1.91. The Morgan fingerprint density at radius 1 is 1.33 bits per heavy atom. The molecule has 0 radical (unpaired) electrons. The number of hydrogen-bond donors (Lipinski definition) is 1. The number of rotatable bonds is 2. The van der Waals surface area contributed by atoms with Gasteiger partial charge < -0.3 is 5.11 Å². The lowest BCUT2D eigenvalue weighted by molar-refractivity contribution is 0.268. The quantitative estimate of drug-likeness (QED) is 0.758. The summed E-state index contributed by atoms with van der Waals surface area (Å²) in [5.41, 5.74) is 2.28. The molecule has 0 unspecified atom stereocenters. The Bertz CT molecular complexity index is 311. The third-order valence-electron chi connectivity index (χ3n) is 3.54. The monoisotopic (exact) mass is 208 g/mol. The van der Waals surface area contributed by atoms with Crippen molar-refractivity contribution in [1.29, 1.82) is 0 Å². The highest BCUT2D eigenvalue weighted by Gasteiger charge is 2.19. The second kappa shape index (κ2) is 4.79. The minimum Gasteiger partial charge on any atom is -0.390 e. The zero-order chi connectivity index (χ0) is 10.7. The van der Waals surface area contributed by atoms with Crippen LogP contribution in [0.1, 0.15) is 55.7 Å². The Morgan fingerprint density at radius 2 is 2.00 bits per heavy atom. The first-order chi connectivity index (χ1) is 7.33. The van der Waals surface area contributed by atoms with Crippen LogP contribution in [0.25, 0.3) is 0 Å². The molecule has 1 N–H and O–H groups in total. The summed E-state index contributed by atoms with van der Waals surface area (Å²) in [4.78, 5) is 0. The van der Waals surface area contributed by atoms with E-state index in [1.54, 1.807) is 4.68 Å². The van der Waals surface area contributed by atoms with Crippen LogP contribution in [0.15, 0.2) is 6.20 Å². The second-order valence-corrected chi connectivity index (χ2v) is 4.52. The molecule has 0 bridgehead atoms. The predicted molar refractivity (Wildman–Crippen MR) is 59.6 cm³/mol. The van der Waals surface area contributed by atoms with E-state index in [2.05, 4.69) is 5.10 Å². The van der Waals surface area contributed by atoms with Crippen molar-refractivity contribution in [3.63, 3.8) is 0 Å². The van der Waals surface area contributed by atoms with E-state index in [1.807, 2.05) is 13.2 Å². The lowest BCUT2D eigenvalue weighted by Crippen LogP contribution is -2.04. The molecule has 0 aliphatic heterocycles. The molecule has 0 saturated heterocycles. The number of nitrogens with zero attached hydrogens (tertiary/aromatic N) is 2. The van der Waals surface area contributed by atoms with E-state index >= 15 is 0 Å². The average Bonchev–Trinajstić information content (AvgIpc) is 2.48. The number of hydrogen-bond acceptors (Lipinski definition) is 2. The van der Waals surface area contributed by atoms with Crippen LogP contribution >= 0.6 is 0 Å². The van der Waals surface area contributed by atoms with Gasteiger partial charge in [-0.15, -0.1) is 0 Å². The van der Waals surface area contributed by atoms with Crippen molar-refractivity contribution in [2.24, 2.45) is 7.05 Å². The van der Waals surface area contributed by atoms with Gasteiger partial charge in [0.2, 0.25) is 0 Å². The van der Waals surface area contributed by atoms with E-state index in [-0.39, 0.29) is 6.61 Å². The van der Waals surface area contributed by atoms with Gasteiger partial charge >= 0.3 is 0 Å². The van der Waals surface area contributed by atoms with Crippen LogP contribution in [0.4, 0.5) is 0 Å². The van der Waals surface area contributed by atoms with Crippen molar-refractivity contribution in [1.82, 2.24) is 9.78 Å². The number of aliphatic hydroxyl groups is 1. The topological polar surface area (TPSA) is 38.0 Å². The summed E-state index contributed by atoms with van der Waals surface area (Å²) in [5.74, 6) is 0.628. The van der Waals surface area contributed by atoms with Crippen LogP contribution in [0, 0.1) is 0 Å². The summed E-state index contributed by atoms with van der Waals surface area (Å²) in [6, 6.07) is 0. The van der Waals surface area contributed by atoms with Gasteiger partial charge in [0.05, 0.1) is 18.5 Å². The van der Waals surface area contributed by atoms with Gasteiger partial charge in [-0.1, -0.05) is 25.7 Å². The lowest BCUT2D eigenvalue weighted by Gasteiger charge is -2.14. The Labute approximate surface area is 91.1 Å². The largest absolute Gasteiger partial charge is 0.390 e. The molecular formula is C12H20N2O. The zero-order valence-corrected chi connectivity index (χ0v) is 9.45. The van der Waals surface area contributed by atoms with E-state index in [0.29, 0.717) is 5.92 Å². The fourth-order valence-electron chi connectivity index (χ4n) is 2.60. The SMILES string of the molecule is Cn1ncc(C2CCCCCC2)c1CO. The Balaban J connectivity index is 2.19. The second-order valence-electron chi connectivity index (χ2n) is 4.52. The Hall–Kier alpha value is -0.830. The van der Waals surface area contributed by atoms with Gasteiger partial charge in [-0.3, -0.25) is 4.68 Å². The molecule has 1 heterocycles. The van der Waals surface area contributed by atoms with Crippen molar-refractivity contribution in [3.05, 3.63) is 17.5 Å². The molecule has 3 nitrogen and oxygen atoms in total. The van der Waals surface area contributed by atoms with Gasteiger partial charge in [0, 0.05) is 7.05 Å². The highest BCUT2D eigenvalue weighted by molar-refractivity contribution is 5.22. The first-order valence-electron chi connectivity index (χ1n) is 5.94. The molecule has 1 aromatic heterocycles. The third-order valence-corrected chi connectivity index (χ3v) is 3.54. The van der Waals surface area contributed by atoms with E-state index in [9.17, 15) is 5.11 Å². The third kappa shape index (κ3) is 2.23. The highest BCUT2D eigenvalue weighted by atomic mass is 16.3. The predicted octanol–water partition coefficient (Wildman–Crippen LogP) is 2.35. The normalized spacial score (nSPS) is 19.1. The molecule has 2 rings (SSSR count). The molecule has 15 heavy (non-hydrogen) atoms. The Kier molecular flexibility index (Phi) is 3.41. The van der Waals surface area contributed by atoms with Crippen molar-refractivity contribution in [2.75, 3.05) is 0 Å². The van der Waals surface area contributed by atoms with Gasteiger partial charge in [-0.25, -0.2) is 0 Å². The number of aliphatic hydroxyl groups excluding tert-OH is 1. The lowest BCUT2D eigenvalue weighted by atomic mass is 9.92. The summed E-state index contributed by atoms with van der Waals surface area (Å²) >= 11 is 0. The van der Waals surface area contributed by atoms with Crippen LogP contribution in [0.3, 0.4) is 0 Å². The van der Waals surface area contributed by atoms with Gasteiger partial charge in [-0.2, -0.15) is 5.10 Å². The molecule has 0 aromatic carbocycles. The van der Waals surface area contributed by atoms with Crippen molar-refractivity contribution < 1.29 is 5.11 Å². The minimum atomic E-state index is 0.113. The molecule has 1 fully saturated rings. The van der Waals surface area contributed by atoms with E-state index in [4.69, 9.17) is 0 Å². The molecule has 0 spiro atoms. The van der Waals surface area contributed by atoms with Crippen LogP contribution < -0.4 is 0 Å². The summed E-state index contributed by atoms with van der Waals surface area (Å²) in [6.45, 7) is 0.113. The van der Waals surface area contributed by atoms with E-state index < -0.39 is 0 Å². The van der Waals surface area contributed by atoms with Crippen LogP contribution in [0.2, 0.25) is 0 Å². The van der Waals surface area contributed by atoms with Crippen LogP contribution in [-0.2, 0) is 13.7 Å². The van der Waals surface area contributed by atoms with Crippen LogP contribution in [0.5, 0.6) is 0 Å². The summed E-state index contributed by atoms with van der Waals surface area (Å²) in [6.07, 6.45) is 9.85. The standard InChI is InChI=1S/C12H20N2O/c1-14-12(9-15)11(8-13-14)10-6-4-2-3-5-7-10/h8,10,15H,2-7,9H2,1H3. The average molecular weight is 208 g/mol. The van der Waals surface area contributed by atoms with Crippen LogP contribution in [-0.4, -0.2) is 14.9 Å². The maximum absolute atomic E-state index is 9.33. The molecule has 1 aromatic rings. The maximum Gasteiger partial charge on any atom is 0.0852 e. The van der Waals surface area contributed by atoms with Gasteiger partial charge in [-0.05, 0) is 24.3 Å². The summed E-state index contributed by atoms with van der Waals surface area (Å²) in [5, 5.41) is 13.6. The molecule has 0 amide bonds. The fraction of sp³-hybridized carbons (Fsp3) is 0.750. The van der Waals surface area contributed by atoms with Gasteiger partial charge in [0.15, 0.2) is 0 Å². The summed E-state index contributed by atoms with van der Waals surface area (Å²) < 4.78 is 1.81. The van der Waals surface area contributed by atoms with Crippen molar-refractivity contribution in [2.45, 2.75) is 51.0 Å². The molecule has 84 valence electrons. The minimum absolute atomic E-state index is 0.113.